The van der Waals surface area contributed by atoms with Gasteiger partial charge in [-0.1, -0.05) is 6.07 Å². The van der Waals surface area contributed by atoms with Gasteiger partial charge in [0.15, 0.2) is 9.84 Å². The fourth-order valence-electron chi connectivity index (χ4n) is 3.48. The highest BCUT2D eigenvalue weighted by Crippen LogP contribution is 2.36. The highest BCUT2D eigenvalue weighted by atomic mass is 32.2. The Morgan fingerprint density at radius 1 is 1.37 bits per heavy atom. The molecule has 2 N–H and O–H groups in total. The third kappa shape index (κ3) is 2.54. The molecule has 1 aromatic rings. The van der Waals surface area contributed by atoms with Crippen LogP contribution in [0, 0.1) is 5.92 Å². The molecule has 0 bridgehead atoms. The van der Waals surface area contributed by atoms with Crippen LogP contribution in [0.2, 0.25) is 0 Å². The standard InChI is InChI=1S/C14H20N2O2S/c15-13(11-6-8-19(17,18)9-11)12-5-1-3-10-4-2-7-16-14(10)12/h2,4,7,11-13H,1,3,5-6,8-9,15H2. The molecule has 19 heavy (non-hydrogen) atoms. The number of pyridine rings is 1. The molecular weight excluding hydrogens is 260 g/mol. The van der Waals surface area contributed by atoms with Crippen molar-refractivity contribution in [3.05, 3.63) is 29.6 Å². The summed E-state index contributed by atoms with van der Waals surface area (Å²) in [7, 11) is -2.86. The lowest BCUT2D eigenvalue weighted by atomic mass is 9.78. The molecule has 0 radical (unpaired) electrons. The van der Waals surface area contributed by atoms with Gasteiger partial charge in [0.05, 0.1) is 11.5 Å². The number of fused-ring (bicyclic) bond motifs is 1. The highest BCUT2D eigenvalue weighted by Gasteiger charge is 2.37. The number of rotatable bonds is 2. The Morgan fingerprint density at radius 3 is 2.95 bits per heavy atom. The van der Waals surface area contributed by atoms with Crippen molar-refractivity contribution in [1.29, 1.82) is 0 Å². The quantitative estimate of drug-likeness (QED) is 0.885. The largest absolute Gasteiger partial charge is 0.327 e. The molecule has 3 rings (SSSR count). The van der Waals surface area contributed by atoms with Crippen molar-refractivity contribution in [2.24, 2.45) is 11.7 Å². The smallest absolute Gasteiger partial charge is 0.150 e. The zero-order chi connectivity index (χ0) is 13.5. The maximum absolute atomic E-state index is 11.6. The van der Waals surface area contributed by atoms with Crippen molar-refractivity contribution in [2.75, 3.05) is 11.5 Å². The molecule has 3 atom stereocenters. The summed E-state index contributed by atoms with van der Waals surface area (Å²) in [6, 6.07) is 4.01. The molecule has 0 saturated carbocycles. The molecule has 3 unspecified atom stereocenters. The van der Waals surface area contributed by atoms with Crippen LogP contribution < -0.4 is 5.73 Å². The summed E-state index contributed by atoms with van der Waals surface area (Å²) >= 11 is 0. The zero-order valence-electron chi connectivity index (χ0n) is 11.0. The lowest BCUT2D eigenvalue weighted by Gasteiger charge is -2.32. The average Bonchev–Trinajstić information content (AvgIpc) is 2.78. The molecule has 1 saturated heterocycles. The van der Waals surface area contributed by atoms with Gasteiger partial charge in [-0.25, -0.2) is 8.42 Å². The summed E-state index contributed by atoms with van der Waals surface area (Å²) in [5, 5.41) is 0. The van der Waals surface area contributed by atoms with Crippen LogP contribution in [-0.2, 0) is 16.3 Å². The first-order valence-electron chi connectivity index (χ1n) is 6.96. The number of aryl methyl sites for hydroxylation is 1. The molecule has 0 amide bonds. The summed E-state index contributed by atoms with van der Waals surface area (Å²) in [4.78, 5) is 4.50. The summed E-state index contributed by atoms with van der Waals surface area (Å²) < 4.78 is 23.2. The minimum Gasteiger partial charge on any atom is -0.327 e. The zero-order valence-corrected chi connectivity index (χ0v) is 11.8. The number of hydrogen-bond donors (Lipinski definition) is 1. The van der Waals surface area contributed by atoms with Gasteiger partial charge in [0.2, 0.25) is 0 Å². The molecule has 0 spiro atoms. The number of sulfone groups is 1. The van der Waals surface area contributed by atoms with Crippen LogP contribution in [0.5, 0.6) is 0 Å². The van der Waals surface area contributed by atoms with Gasteiger partial charge < -0.3 is 5.73 Å². The van der Waals surface area contributed by atoms with Crippen LogP contribution in [0.25, 0.3) is 0 Å². The Bertz CT molecular complexity index is 571. The maximum Gasteiger partial charge on any atom is 0.150 e. The number of aromatic nitrogens is 1. The van der Waals surface area contributed by atoms with Gasteiger partial charge >= 0.3 is 0 Å². The minimum atomic E-state index is -2.86. The third-order valence-electron chi connectivity index (χ3n) is 4.52. The lowest BCUT2D eigenvalue weighted by molar-refractivity contribution is 0.359. The maximum atomic E-state index is 11.6. The molecule has 1 aliphatic carbocycles. The number of nitrogens with two attached hydrogens (primary N) is 1. The first kappa shape index (κ1) is 13.1. The van der Waals surface area contributed by atoms with E-state index in [9.17, 15) is 8.42 Å². The molecule has 104 valence electrons. The molecule has 0 aromatic carbocycles. The van der Waals surface area contributed by atoms with Crippen LogP contribution in [-0.4, -0.2) is 30.9 Å². The van der Waals surface area contributed by atoms with Crippen molar-refractivity contribution in [3.63, 3.8) is 0 Å². The molecule has 1 fully saturated rings. The van der Waals surface area contributed by atoms with E-state index in [2.05, 4.69) is 11.1 Å². The second kappa shape index (κ2) is 4.87. The second-order valence-corrected chi connectivity index (χ2v) is 8.02. The Hall–Kier alpha value is -0.940. The molecular formula is C14H20N2O2S. The minimum absolute atomic E-state index is 0.0776. The fraction of sp³-hybridized carbons (Fsp3) is 0.643. The van der Waals surface area contributed by atoms with Gasteiger partial charge in [-0.15, -0.1) is 0 Å². The van der Waals surface area contributed by atoms with Gasteiger partial charge in [0, 0.05) is 23.9 Å². The Morgan fingerprint density at radius 2 is 2.21 bits per heavy atom. The molecule has 1 aliphatic heterocycles. The molecule has 1 aromatic heterocycles. The van der Waals surface area contributed by atoms with E-state index >= 15 is 0 Å². The number of nitrogens with zero attached hydrogens (tertiary/aromatic N) is 1. The van der Waals surface area contributed by atoms with Crippen LogP contribution in [0.1, 0.15) is 36.4 Å². The van der Waals surface area contributed by atoms with Gasteiger partial charge in [0.25, 0.3) is 0 Å². The van der Waals surface area contributed by atoms with E-state index in [1.54, 1.807) is 0 Å². The first-order valence-corrected chi connectivity index (χ1v) is 8.79. The molecule has 4 nitrogen and oxygen atoms in total. The Labute approximate surface area is 114 Å². The average molecular weight is 280 g/mol. The Balaban J connectivity index is 1.84. The van der Waals surface area contributed by atoms with Gasteiger partial charge in [0.1, 0.15) is 0 Å². The predicted molar refractivity (Wildman–Crippen MR) is 74.7 cm³/mol. The van der Waals surface area contributed by atoms with Gasteiger partial charge in [-0.3, -0.25) is 4.98 Å². The van der Waals surface area contributed by atoms with Crippen molar-refractivity contribution < 1.29 is 8.42 Å². The topological polar surface area (TPSA) is 73.1 Å². The Kier molecular flexibility index (Phi) is 3.35. The van der Waals surface area contributed by atoms with E-state index in [0.29, 0.717) is 12.2 Å². The van der Waals surface area contributed by atoms with E-state index in [1.165, 1.54) is 5.56 Å². The normalized spacial score (nSPS) is 30.8. The molecule has 2 heterocycles. The molecule has 2 aliphatic rings. The van der Waals surface area contributed by atoms with E-state index in [0.717, 1.165) is 25.0 Å². The third-order valence-corrected chi connectivity index (χ3v) is 6.31. The SMILES string of the molecule is NC(C1CCS(=O)(=O)C1)C1CCCc2cccnc21. The summed E-state index contributed by atoms with van der Waals surface area (Å²) in [6.07, 6.45) is 5.74. The van der Waals surface area contributed by atoms with Crippen LogP contribution in [0.3, 0.4) is 0 Å². The fourth-order valence-corrected chi connectivity index (χ4v) is 5.35. The predicted octanol–water partition coefficient (Wildman–Crippen LogP) is 1.26. The van der Waals surface area contributed by atoms with E-state index in [-0.39, 0.29) is 23.6 Å². The van der Waals surface area contributed by atoms with E-state index in [1.807, 2.05) is 12.3 Å². The summed E-state index contributed by atoms with van der Waals surface area (Å²) in [5.74, 6) is 0.881. The van der Waals surface area contributed by atoms with Crippen LogP contribution in [0.4, 0.5) is 0 Å². The number of hydrogen-bond acceptors (Lipinski definition) is 4. The molecule has 5 heteroatoms. The van der Waals surface area contributed by atoms with Gasteiger partial charge in [-0.05, 0) is 43.2 Å². The van der Waals surface area contributed by atoms with Crippen LogP contribution >= 0.6 is 0 Å². The summed E-state index contributed by atoms with van der Waals surface area (Å²) in [5.41, 5.74) is 8.77. The second-order valence-electron chi connectivity index (χ2n) is 5.79. The first-order chi connectivity index (χ1) is 9.07. The van der Waals surface area contributed by atoms with Gasteiger partial charge in [-0.2, -0.15) is 0 Å². The van der Waals surface area contributed by atoms with Crippen molar-refractivity contribution >= 4 is 9.84 Å². The summed E-state index contributed by atoms with van der Waals surface area (Å²) in [6.45, 7) is 0. The van der Waals surface area contributed by atoms with E-state index in [4.69, 9.17) is 5.73 Å². The van der Waals surface area contributed by atoms with E-state index < -0.39 is 9.84 Å². The highest BCUT2D eigenvalue weighted by molar-refractivity contribution is 7.91. The monoisotopic (exact) mass is 280 g/mol. The van der Waals surface area contributed by atoms with Crippen molar-refractivity contribution in [1.82, 2.24) is 4.98 Å². The van der Waals surface area contributed by atoms with Crippen molar-refractivity contribution in [3.8, 4) is 0 Å². The van der Waals surface area contributed by atoms with Crippen LogP contribution in [0.15, 0.2) is 18.3 Å². The lowest BCUT2D eigenvalue weighted by Crippen LogP contribution is -2.38. The van der Waals surface area contributed by atoms with Crippen molar-refractivity contribution in [2.45, 2.75) is 37.6 Å².